The van der Waals surface area contributed by atoms with Gasteiger partial charge in [-0.15, -0.1) is 0 Å². The molecule has 1 N–H and O–H groups in total. The Morgan fingerprint density at radius 2 is 2.08 bits per heavy atom. The monoisotopic (exact) mass is 339 g/mol. The lowest BCUT2D eigenvalue weighted by Crippen LogP contribution is -2.36. The predicted octanol–water partition coefficient (Wildman–Crippen LogP) is 2.43. The van der Waals surface area contributed by atoms with E-state index in [4.69, 9.17) is 4.74 Å². The molecule has 1 aromatic heterocycles. The van der Waals surface area contributed by atoms with Crippen LogP contribution in [0.25, 0.3) is 0 Å². The highest BCUT2D eigenvalue weighted by Gasteiger charge is 2.30. The molecule has 8 heteroatoms. The quantitative estimate of drug-likeness (QED) is 0.673. The van der Waals surface area contributed by atoms with Crippen LogP contribution in [-0.4, -0.2) is 53.8 Å². The third kappa shape index (κ3) is 4.56. The Morgan fingerprint density at radius 3 is 2.67 bits per heavy atom. The van der Waals surface area contributed by atoms with Gasteiger partial charge in [0.1, 0.15) is 5.60 Å². The third-order valence-electron chi connectivity index (χ3n) is 3.44. The third-order valence-corrected chi connectivity index (χ3v) is 3.44. The Morgan fingerprint density at radius 1 is 1.38 bits per heavy atom. The number of ether oxygens (including phenoxy) is 2. The van der Waals surface area contributed by atoms with Gasteiger partial charge in [0.05, 0.1) is 12.8 Å². The molecule has 2 rings (SSSR count). The summed E-state index contributed by atoms with van der Waals surface area (Å²) in [5, 5.41) is 3.00. The van der Waals surface area contributed by atoms with Crippen molar-refractivity contribution in [3.8, 4) is 0 Å². The molecule has 1 fully saturated rings. The van der Waals surface area contributed by atoms with Gasteiger partial charge in [0.2, 0.25) is 5.95 Å². The molecule has 0 radical (unpaired) electrons. The number of amides is 1. The van der Waals surface area contributed by atoms with Gasteiger partial charge in [0, 0.05) is 19.1 Å². The number of nitrogens with one attached hydrogen (secondary N) is 1. The van der Waals surface area contributed by atoms with Crippen molar-refractivity contribution < 1.29 is 23.5 Å². The minimum absolute atomic E-state index is 0.0950. The van der Waals surface area contributed by atoms with E-state index in [-0.39, 0.29) is 23.5 Å². The molecule has 0 bridgehead atoms. The number of halogens is 1. The lowest BCUT2D eigenvalue weighted by Gasteiger charge is -2.24. The molecular formula is C16H22FN3O4. The van der Waals surface area contributed by atoms with Crippen LogP contribution < -0.4 is 5.32 Å². The Kier molecular flexibility index (Phi) is 5.26. The molecule has 1 amide bonds. The van der Waals surface area contributed by atoms with Crippen molar-refractivity contribution in [2.45, 2.75) is 38.8 Å². The fourth-order valence-electron chi connectivity index (χ4n) is 2.35. The number of esters is 1. The van der Waals surface area contributed by atoms with E-state index in [0.717, 1.165) is 0 Å². The first kappa shape index (κ1) is 18.0. The fourth-order valence-corrected chi connectivity index (χ4v) is 2.35. The number of aromatic nitrogens is 1. The molecule has 0 saturated carbocycles. The summed E-state index contributed by atoms with van der Waals surface area (Å²) in [6.45, 7) is 6.36. The molecule has 1 atom stereocenters. The first-order valence-corrected chi connectivity index (χ1v) is 7.69. The van der Waals surface area contributed by atoms with E-state index < -0.39 is 17.5 Å². The number of carbonyl (C=O) groups excluding carboxylic acids is 2. The number of nitrogens with zero attached hydrogens (tertiary/aromatic N) is 2. The van der Waals surface area contributed by atoms with E-state index in [2.05, 4.69) is 15.0 Å². The largest absolute Gasteiger partial charge is 0.464 e. The summed E-state index contributed by atoms with van der Waals surface area (Å²) < 4.78 is 23.8. The SMILES string of the molecule is COC(=O)c1ccc(N[C@H]2CCN(C(=O)OC(C)(C)C)C2)c(F)n1. The van der Waals surface area contributed by atoms with E-state index >= 15 is 0 Å². The highest BCUT2D eigenvalue weighted by Crippen LogP contribution is 2.20. The smallest absolute Gasteiger partial charge is 0.410 e. The average Bonchev–Trinajstić information content (AvgIpc) is 2.95. The van der Waals surface area contributed by atoms with Crippen LogP contribution in [0.4, 0.5) is 14.9 Å². The second kappa shape index (κ2) is 7.02. The number of hydrogen-bond acceptors (Lipinski definition) is 6. The summed E-state index contributed by atoms with van der Waals surface area (Å²) in [5.41, 5.74) is -0.469. The maximum Gasteiger partial charge on any atom is 0.410 e. The van der Waals surface area contributed by atoms with E-state index in [1.54, 1.807) is 25.7 Å². The van der Waals surface area contributed by atoms with Gasteiger partial charge in [0.15, 0.2) is 5.69 Å². The number of likely N-dealkylation sites (tertiary alicyclic amines) is 1. The van der Waals surface area contributed by atoms with Crippen LogP contribution in [0.3, 0.4) is 0 Å². The zero-order chi connectivity index (χ0) is 17.9. The number of anilines is 1. The Labute approximate surface area is 140 Å². The topological polar surface area (TPSA) is 80.8 Å². The highest BCUT2D eigenvalue weighted by atomic mass is 19.1. The molecule has 0 aromatic carbocycles. The number of hydrogen-bond donors (Lipinski definition) is 1. The van der Waals surface area contributed by atoms with E-state index in [1.807, 2.05) is 0 Å². The van der Waals surface area contributed by atoms with Crippen LogP contribution in [0.5, 0.6) is 0 Å². The van der Waals surface area contributed by atoms with Crippen LogP contribution >= 0.6 is 0 Å². The molecule has 7 nitrogen and oxygen atoms in total. The van der Waals surface area contributed by atoms with Crippen molar-refractivity contribution in [2.24, 2.45) is 0 Å². The number of pyridine rings is 1. The molecule has 1 aromatic rings. The Hall–Kier alpha value is -2.38. The Bertz CT molecular complexity index is 630. The maximum atomic E-state index is 14.0. The molecule has 1 saturated heterocycles. The molecule has 0 unspecified atom stereocenters. The molecule has 1 aliphatic heterocycles. The number of rotatable bonds is 3. The zero-order valence-corrected chi connectivity index (χ0v) is 14.3. The van der Waals surface area contributed by atoms with Gasteiger partial charge in [-0.1, -0.05) is 0 Å². The van der Waals surface area contributed by atoms with E-state index in [9.17, 15) is 14.0 Å². The van der Waals surface area contributed by atoms with Crippen molar-refractivity contribution in [3.63, 3.8) is 0 Å². The highest BCUT2D eigenvalue weighted by molar-refractivity contribution is 5.87. The van der Waals surface area contributed by atoms with Gasteiger partial charge in [-0.2, -0.15) is 4.39 Å². The molecule has 0 spiro atoms. The van der Waals surface area contributed by atoms with Crippen molar-refractivity contribution in [2.75, 3.05) is 25.5 Å². The lowest BCUT2D eigenvalue weighted by molar-refractivity contribution is 0.0293. The minimum Gasteiger partial charge on any atom is -0.464 e. The summed E-state index contributed by atoms with van der Waals surface area (Å²) in [6, 6.07) is 2.71. The molecule has 0 aliphatic carbocycles. The van der Waals surface area contributed by atoms with Gasteiger partial charge >= 0.3 is 12.1 Å². The van der Waals surface area contributed by atoms with Crippen molar-refractivity contribution in [1.82, 2.24) is 9.88 Å². The van der Waals surface area contributed by atoms with Crippen molar-refractivity contribution >= 4 is 17.7 Å². The average molecular weight is 339 g/mol. The molecule has 132 valence electrons. The maximum absolute atomic E-state index is 14.0. The van der Waals surface area contributed by atoms with Gasteiger partial charge in [-0.3, -0.25) is 0 Å². The van der Waals surface area contributed by atoms with Crippen LogP contribution in [0.1, 0.15) is 37.7 Å². The summed E-state index contributed by atoms with van der Waals surface area (Å²) in [7, 11) is 1.21. The molecule has 1 aliphatic rings. The van der Waals surface area contributed by atoms with E-state index in [1.165, 1.54) is 19.2 Å². The first-order valence-electron chi connectivity index (χ1n) is 7.69. The zero-order valence-electron chi connectivity index (χ0n) is 14.3. The van der Waals surface area contributed by atoms with Gasteiger partial charge < -0.3 is 19.7 Å². The minimum atomic E-state index is -0.784. The fraction of sp³-hybridized carbons (Fsp3) is 0.562. The van der Waals surface area contributed by atoms with E-state index in [0.29, 0.717) is 19.5 Å². The number of methoxy groups -OCH3 is 1. The Balaban J connectivity index is 1.96. The summed E-state index contributed by atoms with van der Waals surface area (Å²) >= 11 is 0. The standard InChI is InChI=1S/C16H22FN3O4/c1-16(2,3)24-15(22)20-8-7-10(9-20)18-11-5-6-12(14(21)23-4)19-13(11)17/h5-6,10,18H,7-9H2,1-4H3/t10-/m0/s1. The molecular weight excluding hydrogens is 317 g/mol. The lowest BCUT2D eigenvalue weighted by atomic mass is 10.2. The van der Waals surface area contributed by atoms with Crippen LogP contribution in [0.15, 0.2) is 12.1 Å². The van der Waals surface area contributed by atoms with Crippen LogP contribution in [-0.2, 0) is 9.47 Å². The van der Waals surface area contributed by atoms with Gasteiger partial charge in [-0.05, 0) is 39.3 Å². The van der Waals surface area contributed by atoms with Gasteiger partial charge in [0.25, 0.3) is 0 Å². The summed E-state index contributed by atoms with van der Waals surface area (Å²) in [6.07, 6.45) is 0.281. The van der Waals surface area contributed by atoms with Gasteiger partial charge in [-0.25, -0.2) is 14.6 Å². The second-order valence-electron chi connectivity index (χ2n) is 6.58. The molecule has 2 heterocycles. The van der Waals surface area contributed by atoms with Crippen molar-refractivity contribution in [3.05, 3.63) is 23.8 Å². The summed E-state index contributed by atoms with van der Waals surface area (Å²) in [5.74, 6) is -1.48. The number of carbonyl (C=O) groups is 2. The van der Waals surface area contributed by atoms with Crippen molar-refractivity contribution in [1.29, 1.82) is 0 Å². The molecule has 24 heavy (non-hydrogen) atoms. The van der Waals surface area contributed by atoms with Crippen LogP contribution in [0.2, 0.25) is 0 Å². The predicted molar refractivity (Wildman–Crippen MR) is 85.4 cm³/mol. The first-order chi connectivity index (χ1) is 11.2. The second-order valence-corrected chi connectivity index (χ2v) is 6.58. The van der Waals surface area contributed by atoms with Crippen LogP contribution in [0, 0.1) is 5.95 Å². The normalized spacial score (nSPS) is 17.5. The summed E-state index contributed by atoms with van der Waals surface area (Å²) in [4.78, 5) is 28.5.